The zero-order chi connectivity index (χ0) is 23.6. The van der Waals surface area contributed by atoms with Crippen LogP contribution in [0.4, 0.5) is 0 Å². The fraction of sp³-hybridized carbons (Fsp3) is 0.440. The largest absolute Gasteiger partial charge is 0.504 e. The van der Waals surface area contributed by atoms with Gasteiger partial charge in [-0.15, -0.1) is 0 Å². The molecule has 4 N–H and O–H groups in total. The lowest BCUT2D eigenvalue weighted by Gasteiger charge is -2.28. The first-order valence-electron chi connectivity index (χ1n) is 11.5. The molecule has 0 saturated carbocycles. The van der Waals surface area contributed by atoms with Crippen LogP contribution in [0.25, 0.3) is 0 Å². The lowest BCUT2D eigenvalue weighted by atomic mass is 10.1. The van der Waals surface area contributed by atoms with Crippen LogP contribution in [0.2, 0.25) is 0 Å². The summed E-state index contributed by atoms with van der Waals surface area (Å²) in [6.45, 7) is 5.19. The maximum absolute atomic E-state index is 12.8. The average molecular weight is 455 g/mol. The van der Waals surface area contributed by atoms with Gasteiger partial charge < -0.3 is 30.6 Å². The van der Waals surface area contributed by atoms with Gasteiger partial charge in [-0.3, -0.25) is 9.59 Å². The van der Waals surface area contributed by atoms with E-state index < -0.39 is 0 Å². The van der Waals surface area contributed by atoms with E-state index in [1.165, 1.54) is 31.4 Å². The number of likely N-dealkylation sites (N-methyl/N-ethyl adjacent to an activating group) is 1. The third-order valence-corrected chi connectivity index (χ3v) is 5.88. The molecule has 178 valence electrons. The van der Waals surface area contributed by atoms with Crippen molar-refractivity contribution >= 4 is 11.8 Å². The first-order valence-corrected chi connectivity index (χ1v) is 11.5. The highest BCUT2D eigenvalue weighted by molar-refractivity contribution is 5.99. The molecule has 0 spiro atoms. The maximum Gasteiger partial charge on any atom is 0.253 e. The molecular weight excluding hydrogens is 420 g/mol. The predicted octanol–water partition coefficient (Wildman–Crippen LogP) is 2.18. The van der Waals surface area contributed by atoms with E-state index in [0.717, 1.165) is 25.2 Å². The Morgan fingerprint density at radius 1 is 0.970 bits per heavy atom. The summed E-state index contributed by atoms with van der Waals surface area (Å²) in [6.07, 6.45) is 3.74. The first-order chi connectivity index (χ1) is 15.9. The highest BCUT2D eigenvalue weighted by Gasteiger charge is 2.16. The van der Waals surface area contributed by atoms with Gasteiger partial charge in [-0.1, -0.05) is 18.6 Å². The number of carbonyl (C=O) groups is 2. The van der Waals surface area contributed by atoms with Gasteiger partial charge in [-0.2, -0.15) is 0 Å². The number of hydrogen-bond donors (Lipinski definition) is 4. The standard InChI is InChI=1S/C25H34N4O4/c1-28(14-15-29-12-3-2-4-13-29)25(33)21-7-5-6-20(17-21)24(32)27-11-10-26-18-19-8-9-22(30)23(31)16-19/h5-9,16-17,26,30-31H,2-4,10-15,18H2,1H3,(H,27,32). The van der Waals surface area contributed by atoms with E-state index in [-0.39, 0.29) is 23.3 Å². The van der Waals surface area contributed by atoms with Crippen LogP contribution in [-0.4, -0.2) is 78.1 Å². The van der Waals surface area contributed by atoms with Gasteiger partial charge in [0.1, 0.15) is 0 Å². The molecule has 0 radical (unpaired) electrons. The molecule has 1 fully saturated rings. The molecule has 0 unspecified atom stereocenters. The molecule has 0 aromatic heterocycles. The number of nitrogens with zero attached hydrogens (tertiary/aromatic N) is 2. The number of aromatic hydroxyl groups is 2. The second-order valence-corrected chi connectivity index (χ2v) is 8.47. The maximum atomic E-state index is 12.8. The Bertz CT molecular complexity index is 944. The Hall–Kier alpha value is -3.10. The lowest BCUT2D eigenvalue weighted by Crippen LogP contribution is -2.38. The molecule has 0 atom stereocenters. The van der Waals surface area contributed by atoms with Gasteiger partial charge >= 0.3 is 0 Å². The number of phenolic OH excluding ortho intramolecular Hbond substituents is 2. The van der Waals surface area contributed by atoms with Crippen molar-refractivity contribution in [3.63, 3.8) is 0 Å². The van der Waals surface area contributed by atoms with E-state index in [1.54, 1.807) is 42.3 Å². The third-order valence-electron chi connectivity index (χ3n) is 5.88. The number of amides is 2. The Morgan fingerprint density at radius 3 is 2.48 bits per heavy atom. The fourth-order valence-electron chi connectivity index (χ4n) is 3.87. The summed E-state index contributed by atoms with van der Waals surface area (Å²) in [4.78, 5) is 29.4. The molecule has 3 rings (SSSR count). The molecule has 33 heavy (non-hydrogen) atoms. The second kappa shape index (κ2) is 12.2. The Labute approximate surface area is 195 Å². The molecule has 8 nitrogen and oxygen atoms in total. The highest BCUT2D eigenvalue weighted by Crippen LogP contribution is 2.24. The van der Waals surface area contributed by atoms with Gasteiger partial charge in [-0.05, 0) is 61.8 Å². The molecule has 0 aliphatic carbocycles. The summed E-state index contributed by atoms with van der Waals surface area (Å²) >= 11 is 0. The summed E-state index contributed by atoms with van der Waals surface area (Å²) in [5, 5.41) is 24.9. The predicted molar refractivity (Wildman–Crippen MR) is 128 cm³/mol. The lowest BCUT2D eigenvalue weighted by molar-refractivity contribution is 0.0773. The van der Waals surface area contributed by atoms with Crippen molar-refractivity contribution in [2.75, 3.05) is 46.3 Å². The molecule has 2 aromatic rings. The van der Waals surface area contributed by atoms with Crippen molar-refractivity contribution in [1.82, 2.24) is 20.4 Å². The van der Waals surface area contributed by atoms with E-state index >= 15 is 0 Å². The number of hydrogen-bond acceptors (Lipinski definition) is 6. The smallest absolute Gasteiger partial charge is 0.253 e. The van der Waals surface area contributed by atoms with Gasteiger partial charge in [0.15, 0.2) is 11.5 Å². The van der Waals surface area contributed by atoms with Gasteiger partial charge in [-0.25, -0.2) is 0 Å². The van der Waals surface area contributed by atoms with Gasteiger partial charge in [0.25, 0.3) is 11.8 Å². The monoisotopic (exact) mass is 454 g/mol. The van der Waals surface area contributed by atoms with Crippen LogP contribution in [0.3, 0.4) is 0 Å². The van der Waals surface area contributed by atoms with Crippen molar-refractivity contribution in [3.05, 3.63) is 59.2 Å². The molecular formula is C25H34N4O4. The molecule has 0 bridgehead atoms. The summed E-state index contributed by atoms with van der Waals surface area (Å²) < 4.78 is 0. The summed E-state index contributed by atoms with van der Waals surface area (Å²) in [6, 6.07) is 11.5. The Morgan fingerprint density at radius 2 is 1.73 bits per heavy atom. The van der Waals surface area contributed by atoms with Crippen molar-refractivity contribution in [3.8, 4) is 11.5 Å². The number of likely N-dealkylation sites (tertiary alicyclic amines) is 1. The van der Waals surface area contributed by atoms with Crippen LogP contribution >= 0.6 is 0 Å². The molecule has 2 amide bonds. The van der Waals surface area contributed by atoms with Gasteiger partial charge in [0, 0.05) is 50.9 Å². The molecule has 2 aromatic carbocycles. The average Bonchev–Trinajstić information content (AvgIpc) is 2.84. The van der Waals surface area contributed by atoms with Crippen molar-refractivity contribution in [2.45, 2.75) is 25.8 Å². The van der Waals surface area contributed by atoms with Crippen LogP contribution in [-0.2, 0) is 6.54 Å². The number of piperidine rings is 1. The zero-order valence-corrected chi connectivity index (χ0v) is 19.2. The Kier molecular flexibility index (Phi) is 9.09. The van der Waals surface area contributed by atoms with E-state index in [2.05, 4.69) is 15.5 Å². The fourth-order valence-corrected chi connectivity index (χ4v) is 3.87. The molecule has 1 aliphatic heterocycles. The minimum absolute atomic E-state index is 0.0829. The van der Waals surface area contributed by atoms with E-state index in [4.69, 9.17) is 0 Å². The number of benzene rings is 2. The summed E-state index contributed by atoms with van der Waals surface area (Å²) in [5.74, 6) is -0.626. The summed E-state index contributed by atoms with van der Waals surface area (Å²) in [7, 11) is 1.80. The number of rotatable bonds is 10. The second-order valence-electron chi connectivity index (χ2n) is 8.47. The third kappa shape index (κ3) is 7.47. The number of nitrogens with one attached hydrogen (secondary N) is 2. The van der Waals surface area contributed by atoms with Crippen LogP contribution in [0, 0.1) is 0 Å². The van der Waals surface area contributed by atoms with Crippen molar-refractivity contribution in [1.29, 1.82) is 0 Å². The topological polar surface area (TPSA) is 105 Å². The minimum Gasteiger partial charge on any atom is -0.504 e. The molecule has 1 saturated heterocycles. The van der Waals surface area contributed by atoms with Crippen LogP contribution < -0.4 is 10.6 Å². The van der Waals surface area contributed by atoms with E-state index in [9.17, 15) is 19.8 Å². The summed E-state index contributed by atoms with van der Waals surface area (Å²) in [5.41, 5.74) is 1.79. The van der Waals surface area contributed by atoms with Crippen molar-refractivity contribution in [2.24, 2.45) is 0 Å². The first kappa shape index (κ1) is 24.5. The van der Waals surface area contributed by atoms with Crippen LogP contribution in [0.15, 0.2) is 42.5 Å². The molecule has 8 heteroatoms. The zero-order valence-electron chi connectivity index (χ0n) is 19.2. The SMILES string of the molecule is CN(CCN1CCCCC1)C(=O)c1cccc(C(=O)NCCNCc2ccc(O)c(O)c2)c1. The molecule has 1 aliphatic rings. The minimum atomic E-state index is -0.232. The van der Waals surface area contributed by atoms with Crippen LogP contribution in [0.5, 0.6) is 11.5 Å². The van der Waals surface area contributed by atoms with E-state index in [0.29, 0.717) is 37.3 Å². The highest BCUT2D eigenvalue weighted by atomic mass is 16.3. The quantitative estimate of drug-likeness (QED) is 0.324. The van der Waals surface area contributed by atoms with Crippen molar-refractivity contribution < 1.29 is 19.8 Å². The van der Waals surface area contributed by atoms with Crippen LogP contribution in [0.1, 0.15) is 45.5 Å². The Balaban J connectivity index is 1.42. The number of phenols is 2. The molecule has 1 heterocycles. The van der Waals surface area contributed by atoms with E-state index in [1.807, 2.05) is 0 Å². The van der Waals surface area contributed by atoms with Gasteiger partial charge in [0.05, 0.1) is 0 Å². The number of carbonyl (C=O) groups excluding carboxylic acids is 2. The normalized spacial score (nSPS) is 14.1. The van der Waals surface area contributed by atoms with Gasteiger partial charge in [0.2, 0.25) is 0 Å².